The first-order chi connectivity index (χ1) is 18.0. The van der Waals surface area contributed by atoms with Gasteiger partial charge in [-0.2, -0.15) is 0 Å². The molecule has 0 spiro atoms. The normalized spacial score (nSPS) is 15.3. The number of ether oxygens (including phenoxy) is 2. The molecule has 0 saturated carbocycles. The molecule has 1 atom stereocenters. The molecule has 0 bridgehead atoms. The molecule has 0 amide bonds. The Morgan fingerprint density at radius 1 is 0.676 bits per heavy atom. The van der Waals surface area contributed by atoms with Gasteiger partial charge in [-0.3, -0.25) is 9.59 Å². The number of rotatable bonds is 25. The van der Waals surface area contributed by atoms with Gasteiger partial charge in [0.2, 0.25) is 0 Å². The Hall–Kier alpha value is -1.85. The van der Waals surface area contributed by atoms with Crippen LogP contribution < -0.4 is 0 Å². The Bertz CT molecular complexity index is 669. The van der Waals surface area contributed by atoms with Crippen LogP contribution >= 0.6 is 0 Å². The number of cyclic esters (lactones) is 1. The number of esters is 2. The minimum atomic E-state index is -1.07. The van der Waals surface area contributed by atoms with Crippen LogP contribution in [0.4, 0.5) is 0 Å². The van der Waals surface area contributed by atoms with Gasteiger partial charge in [0.15, 0.2) is 17.6 Å². The number of ketones is 1. The first-order valence-electron chi connectivity index (χ1n) is 15.3. The Morgan fingerprint density at radius 3 is 1.54 bits per heavy atom. The van der Waals surface area contributed by atoms with E-state index in [4.69, 9.17) is 9.47 Å². The van der Waals surface area contributed by atoms with Crippen molar-refractivity contribution in [2.75, 3.05) is 6.61 Å². The molecule has 6 heteroatoms. The second-order valence-electron chi connectivity index (χ2n) is 10.6. The van der Waals surface area contributed by atoms with E-state index in [0.29, 0.717) is 12.8 Å². The number of hydrogen-bond acceptors (Lipinski definition) is 6. The van der Waals surface area contributed by atoms with Crippen molar-refractivity contribution in [2.45, 2.75) is 161 Å². The lowest BCUT2D eigenvalue weighted by molar-refractivity contribution is -0.153. The lowest BCUT2D eigenvalue weighted by Gasteiger charge is -2.11. The molecule has 1 heterocycles. The summed E-state index contributed by atoms with van der Waals surface area (Å²) in [7, 11) is 0. The lowest BCUT2D eigenvalue weighted by Crippen LogP contribution is -2.21. The smallest absolute Gasteiger partial charge is 0.346 e. The zero-order chi connectivity index (χ0) is 27.1. The standard InChI is InChI=1S/C31H54O6/c1-3-5-7-9-11-12-13-14-15-16-18-19-21-23-26(32)29-30(34)27(37-31(29)35)25-36-28(33)24-22-20-17-10-8-6-4-2/h27,34H,3-25H2,1-2H3/t27-/m1/s1. The van der Waals surface area contributed by atoms with Crippen LogP contribution in [0.3, 0.4) is 0 Å². The molecule has 0 radical (unpaired) electrons. The number of hydrogen-bond donors (Lipinski definition) is 1. The van der Waals surface area contributed by atoms with Crippen molar-refractivity contribution in [3.8, 4) is 0 Å². The first kappa shape index (κ1) is 33.2. The van der Waals surface area contributed by atoms with E-state index >= 15 is 0 Å². The second-order valence-corrected chi connectivity index (χ2v) is 10.6. The van der Waals surface area contributed by atoms with E-state index in [0.717, 1.165) is 32.1 Å². The molecule has 1 rings (SSSR count). The predicted molar refractivity (Wildman–Crippen MR) is 148 cm³/mol. The van der Waals surface area contributed by atoms with Gasteiger partial charge in [-0.25, -0.2) is 4.79 Å². The summed E-state index contributed by atoms with van der Waals surface area (Å²) >= 11 is 0. The van der Waals surface area contributed by atoms with Gasteiger partial charge in [0.05, 0.1) is 0 Å². The molecule has 6 nitrogen and oxygen atoms in total. The van der Waals surface area contributed by atoms with E-state index in [1.54, 1.807) is 0 Å². The molecular formula is C31H54O6. The second kappa shape index (κ2) is 22.2. The van der Waals surface area contributed by atoms with Gasteiger partial charge < -0.3 is 14.6 Å². The number of carbonyl (C=O) groups excluding carboxylic acids is 3. The minimum absolute atomic E-state index is 0.219. The largest absolute Gasteiger partial charge is 0.507 e. The molecule has 0 unspecified atom stereocenters. The summed E-state index contributed by atoms with van der Waals surface area (Å²) in [4.78, 5) is 36.6. The molecular weight excluding hydrogens is 468 g/mol. The third-order valence-electron chi connectivity index (χ3n) is 7.18. The summed E-state index contributed by atoms with van der Waals surface area (Å²) in [5.41, 5.74) is -0.271. The highest BCUT2D eigenvalue weighted by Crippen LogP contribution is 2.24. The molecule has 0 aromatic heterocycles. The van der Waals surface area contributed by atoms with Crippen molar-refractivity contribution < 1.29 is 29.0 Å². The molecule has 0 aromatic rings. The zero-order valence-electron chi connectivity index (χ0n) is 23.8. The van der Waals surface area contributed by atoms with Crippen LogP contribution in [-0.2, 0) is 23.9 Å². The van der Waals surface area contributed by atoms with Crippen molar-refractivity contribution in [1.29, 1.82) is 0 Å². The van der Waals surface area contributed by atoms with Crippen LogP contribution in [0.25, 0.3) is 0 Å². The average Bonchev–Trinajstić information content (AvgIpc) is 3.17. The van der Waals surface area contributed by atoms with Crippen LogP contribution in [-0.4, -0.2) is 35.5 Å². The Balaban J connectivity index is 2.13. The number of aliphatic hydroxyl groups is 1. The summed E-state index contributed by atoms with van der Waals surface area (Å²) in [5, 5.41) is 10.3. The van der Waals surface area contributed by atoms with E-state index in [1.165, 1.54) is 89.9 Å². The highest BCUT2D eigenvalue weighted by molar-refractivity contribution is 6.19. The molecule has 0 fully saturated rings. The molecule has 37 heavy (non-hydrogen) atoms. The van der Waals surface area contributed by atoms with E-state index in [9.17, 15) is 19.5 Å². The monoisotopic (exact) mass is 522 g/mol. The maximum atomic E-state index is 12.5. The van der Waals surface area contributed by atoms with Gasteiger partial charge in [-0.1, -0.05) is 129 Å². The number of unbranched alkanes of at least 4 members (excludes halogenated alkanes) is 18. The van der Waals surface area contributed by atoms with Gasteiger partial charge in [-0.15, -0.1) is 0 Å². The third-order valence-corrected chi connectivity index (χ3v) is 7.18. The van der Waals surface area contributed by atoms with Gasteiger partial charge >= 0.3 is 11.9 Å². The maximum absolute atomic E-state index is 12.5. The van der Waals surface area contributed by atoms with Gasteiger partial charge in [-0.05, 0) is 12.8 Å². The van der Waals surface area contributed by atoms with Crippen molar-refractivity contribution in [3.63, 3.8) is 0 Å². The van der Waals surface area contributed by atoms with Crippen LogP contribution in [0, 0.1) is 0 Å². The lowest BCUT2D eigenvalue weighted by atomic mass is 10.0. The molecule has 1 aliphatic heterocycles. The summed E-state index contributed by atoms with van der Waals surface area (Å²) < 4.78 is 10.3. The fourth-order valence-corrected chi connectivity index (χ4v) is 4.77. The fourth-order valence-electron chi connectivity index (χ4n) is 4.77. The van der Waals surface area contributed by atoms with Gasteiger partial charge in [0.25, 0.3) is 0 Å². The molecule has 214 valence electrons. The fraction of sp³-hybridized carbons (Fsp3) is 0.839. The quantitative estimate of drug-likeness (QED) is 0.0734. The molecule has 0 saturated heterocycles. The van der Waals surface area contributed by atoms with Crippen LogP contribution in [0.15, 0.2) is 11.3 Å². The number of Topliss-reactive ketones (excluding diaryl/α,β-unsaturated/α-hetero) is 1. The van der Waals surface area contributed by atoms with Gasteiger partial charge in [0.1, 0.15) is 12.2 Å². The molecule has 0 aromatic carbocycles. The van der Waals surface area contributed by atoms with E-state index in [1.807, 2.05) is 0 Å². The minimum Gasteiger partial charge on any atom is -0.507 e. The summed E-state index contributed by atoms with van der Waals surface area (Å²) in [5.74, 6) is -1.97. The van der Waals surface area contributed by atoms with Crippen molar-refractivity contribution in [2.24, 2.45) is 0 Å². The van der Waals surface area contributed by atoms with Crippen LogP contribution in [0.2, 0.25) is 0 Å². The van der Waals surface area contributed by atoms with E-state index in [-0.39, 0.29) is 30.4 Å². The summed E-state index contributed by atoms with van der Waals surface area (Å²) in [6, 6.07) is 0. The molecule has 1 aliphatic rings. The predicted octanol–water partition coefficient (Wildman–Crippen LogP) is 8.46. The number of carbonyl (C=O) groups is 3. The third kappa shape index (κ3) is 15.9. The Morgan fingerprint density at radius 2 is 1.08 bits per heavy atom. The molecule has 0 aliphatic carbocycles. The number of aliphatic hydroxyl groups excluding tert-OH is 1. The van der Waals surface area contributed by atoms with Crippen molar-refractivity contribution in [3.05, 3.63) is 11.3 Å². The Kier molecular flexibility index (Phi) is 19.9. The Labute approximate surface area is 225 Å². The van der Waals surface area contributed by atoms with Gasteiger partial charge in [0, 0.05) is 12.8 Å². The van der Waals surface area contributed by atoms with E-state index < -0.39 is 17.8 Å². The van der Waals surface area contributed by atoms with Crippen LogP contribution in [0.5, 0.6) is 0 Å². The SMILES string of the molecule is CCCCCCCCCCCCCCCC(=O)C1=C(O)[C@@H](COC(=O)CCCCCCCCC)OC1=O. The van der Waals surface area contributed by atoms with Crippen molar-refractivity contribution >= 4 is 17.7 Å². The highest BCUT2D eigenvalue weighted by Gasteiger charge is 2.38. The van der Waals surface area contributed by atoms with E-state index in [2.05, 4.69) is 13.8 Å². The molecule has 1 N–H and O–H groups in total. The first-order valence-corrected chi connectivity index (χ1v) is 15.3. The highest BCUT2D eigenvalue weighted by atomic mass is 16.6. The summed E-state index contributed by atoms with van der Waals surface area (Å²) in [6.07, 6.45) is 23.0. The summed E-state index contributed by atoms with van der Waals surface area (Å²) in [6.45, 7) is 4.18. The average molecular weight is 523 g/mol. The van der Waals surface area contributed by atoms with Crippen molar-refractivity contribution in [1.82, 2.24) is 0 Å². The van der Waals surface area contributed by atoms with Crippen LogP contribution in [0.1, 0.15) is 155 Å². The topological polar surface area (TPSA) is 89.9 Å². The maximum Gasteiger partial charge on any atom is 0.346 e. The zero-order valence-corrected chi connectivity index (χ0v) is 23.8.